The van der Waals surface area contributed by atoms with Crippen molar-refractivity contribution < 1.29 is 37.7 Å². The molecule has 0 radical (unpaired) electrons. The summed E-state index contributed by atoms with van der Waals surface area (Å²) >= 11 is 0. The standard InChI is InChI=1S/C34H40FN3O7/c1-31(2,3)45-30(40)38-32-14-16-33(17-15-32,43-21-32)13-11-24-12-18-36-26-9-10-27(37-28(24)26)44-34(35)22-41-20-25(34)29(39)42-19-23-7-5-4-6-8-23/h4-10,12,18,25H,11,13-17,19-22H2,1-3H3,(H,38,40). The molecule has 3 aromatic rings. The molecule has 45 heavy (non-hydrogen) atoms. The number of hydrogen-bond donors (Lipinski definition) is 1. The Labute approximate surface area is 261 Å². The minimum absolute atomic E-state index is 0.0297. The fraction of sp³-hybridized carbons (Fsp3) is 0.529. The summed E-state index contributed by atoms with van der Waals surface area (Å²) in [6, 6.07) is 14.4. The van der Waals surface area contributed by atoms with E-state index in [0.29, 0.717) is 24.1 Å². The van der Waals surface area contributed by atoms with Crippen LogP contribution in [0.3, 0.4) is 0 Å². The molecule has 1 N–H and O–H groups in total. The number of alkyl carbamates (subject to hydrolysis) is 1. The van der Waals surface area contributed by atoms with Crippen molar-refractivity contribution in [3.05, 3.63) is 65.9 Å². The van der Waals surface area contributed by atoms with Crippen molar-refractivity contribution in [2.75, 3.05) is 19.8 Å². The molecule has 2 atom stereocenters. The number of benzene rings is 1. The van der Waals surface area contributed by atoms with E-state index in [-0.39, 0.29) is 24.7 Å². The number of rotatable bonds is 9. The molecular formula is C34H40FN3O7. The molecule has 2 bridgehead atoms. The number of nitrogens with zero attached hydrogens (tertiary/aromatic N) is 2. The number of pyridine rings is 2. The van der Waals surface area contributed by atoms with Crippen LogP contribution in [0.25, 0.3) is 11.0 Å². The summed E-state index contributed by atoms with van der Waals surface area (Å²) in [5.41, 5.74) is 1.73. The van der Waals surface area contributed by atoms with Gasteiger partial charge in [-0.15, -0.1) is 0 Å². The van der Waals surface area contributed by atoms with Crippen molar-refractivity contribution >= 4 is 23.1 Å². The van der Waals surface area contributed by atoms with E-state index in [1.165, 1.54) is 0 Å². The maximum absolute atomic E-state index is 16.1. The smallest absolute Gasteiger partial charge is 0.408 e. The van der Waals surface area contributed by atoms with E-state index in [1.807, 2.05) is 57.2 Å². The molecule has 2 unspecified atom stereocenters. The predicted molar refractivity (Wildman–Crippen MR) is 162 cm³/mol. The number of ether oxygens (including phenoxy) is 5. The summed E-state index contributed by atoms with van der Waals surface area (Å²) in [4.78, 5) is 34.3. The molecule has 1 amide bonds. The zero-order valence-corrected chi connectivity index (χ0v) is 26.0. The number of halogens is 1. The van der Waals surface area contributed by atoms with Gasteiger partial charge >= 0.3 is 12.1 Å². The third-order valence-corrected chi connectivity index (χ3v) is 8.92. The summed E-state index contributed by atoms with van der Waals surface area (Å²) in [5, 5.41) is 3.07. The largest absolute Gasteiger partial charge is 0.460 e. The number of carbonyl (C=O) groups is 2. The number of aryl methyl sites for hydroxylation is 1. The van der Waals surface area contributed by atoms with E-state index in [0.717, 1.165) is 43.2 Å². The molecule has 5 heterocycles. The van der Waals surface area contributed by atoms with Crippen LogP contribution < -0.4 is 10.1 Å². The third kappa shape index (κ3) is 7.04. The second kappa shape index (κ2) is 12.2. The molecule has 0 spiro atoms. The molecule has 10 nitrogen and oxygen atoms in total. The summed E-state index contributed by atoms with van der Waals surface area (Å²) in [5.74, 6) is -4.37. The minimum atomic E-state index is -2.42. The number of aromatic nitrogens is 2. The molecule has 4 fully saturated rings. The maximum Gasteiger partial charge on any atom is 0.408 e. The second-order valence-electron chi connectivity index (χ2n) is 13.4. The van der Waals surface area contributed by atoms with Crippen LogP contribution in [-0.4, -0.2) is 64.4 Å². The topological polar surface area (TPSA) is 118 Å². The quantitative estimate of drug-likeness (QED) is 0.305. The lowest BCUT2D eigenvalue weighted by Crippen LogP contribution is -2.63. The van der Waals surface area contributed by atoms with Gasteiger partial charge in [0.15, 0.2) is 5.92 Å². The van der Waals surface area contributed by atoms with E-state index in [2.05, 4.69) is 15.3 Å². The van der Waals surface area contributed by atoms with Crippen molar-refractivity contribution in [2.24, 2.45) is 5.92 Å². The Morgan fingerprint density at radius 1 is 1.04 bits per heavy atom. The number of fused-ring (bicyclic) bond motifs is 4. The second-order valence-corrected chi connectivity index (χ2v) is 13.4. The number of carbonyl (C=O) groups excluding carboxylic acids is 2. The van der Waals surface area contributed by atoms with Crippen LogP contribution in [0.4, 0.5) is 9.18 Å². The fourth-order valence-electron chi connectivity index (χ4n) is 6.34. The van der Waals surface area contributed by atoms with Crippen molar-refractivity contribution in [1.29, 1.82) is 0 Å². The normalized spacial score (nSPS) is 27.7. The molecule has 1 saturated carbocycles. The Morgan fingerprint density at radius 2 is 1.82 bits per heavy atom. The molecule has 240 valence electrons. The Bertz CT molecular complexity index is 1520. The lowest BCUT2D eigenvalue weighted by atomic mass is 9.69. The summed E-state index contributed by atoms with van der Waals surface area (Å²) in [6.45, 7) is 5.44. The van der Waals surface area contributed by atoms with Crippen molar-refractivity contribution in [3.63, 3.8) is 0 Å². The van der Waals surface area contributed by atoms with Gasteiger partial charge in [-0.25, -0.2) is 9.78 Å². The van der Waals surface area contributed by atoms with Gasteiger partial charge in [-0.2, -0.15) is 4.39 Å². The Kier molecular flexibility index (Phi) is 8.43. The number of amides is 1. The SMILES string of the molecule is CC(C)(C)OC(=O)NC12CCC(CCc3ccnc4ccc(OC5(F)COCC5C(=O)OCc5ccccc5)nc34)(CC1)OC2. The predicted octanol–water partition coefficient (Wildman–Crippen LogP) is 5.60. The van der Waals surface area contributed by atoms with Crippen LogP contribution in [0.1, 0.15) is 64.0 Å². The molecule has 3 saturated heterocycles. The lowest BCUT2D eigenvalue weighted by molar-refractivity contribution is -0.165. The number of nitrogens with one attached hydrogen (secondary N) is 1. The van der Waals surface area contributed by atoms with Crippen molar-refractivity contribution in [3.8, 4) is 5.88 Å². The van der Waals surface area contributed by atoms with E-state index in [4.69, 9.17) is 23.7 Å². The molecule has 1 aliphatic carbocycles. The summed E-state index contributed by atoms with van der Waals surface area (Å²) < 4.78 is 44.4. The Hall–Kier alpha value is -3.83. The highest BCUT2D eigenvalue weighted by molar-refractivity contribution is 5.78. The van der Waals surface area contributed by atoms with Gasteiger partial charge in [0, 0.05) is 12.3 Å². The molecule has 3 aliphatic heterocycles. The summed E-state index contributed by atoms with van der Waals surface area (Å²) in [7, 11) is 0. The van der Waals surface area contributed by atoms with E-state index >= 15 is 4.39 Å². The first-order valence-electron chi connectivity index (χ1n) is 15.5. The van der Waals surface area contributed by atoms with Gasteiger partial charge in [0.1, 0.15) is 18.8 Å². The lowest BCUT2D eigenvalue weighted by Gasteiger charge is -2.53. The van der Waals surface area contributed by atoms with Gasteiger partial charge in [0.05, 0.1) is 35.4 Å². The van der Waals surface area contributed by atoms with Crippen LogP contribution in [0.5, 0.6) is 5.88 Å². The van der Waals surface area contributed by atoms with E-state index in [1.54, 1.807) is 18.3 Å². The molecular weight excluding hydrogens is 581 g/mol. The monoisotopic (exact) mass is 621 g/mol. The van der Waals surface area contributed by atoms with Gasteiger partial charge in [0.25, 0.3) is 5.85 Å². The third-order valence-electron chi connectivity index (χ3n) is 8.92. The molecule has 11 heteroatoms. The number of alkyl halides is 1. The molecule has 1 aromatic carbocycles. The summed E-state index contributed by atoms with van der Waals surface area (Å²) in [6.07, 6.45) is 6.01. The average molecular weight is 622 g/mol. The van der Waals surface area contributed by atoms with E-state index in [9.17, 15) is 9.59 Å². The highest BCUT2D eigenvalue weighted by Gasteiger charge is 2.53. The van der Waals surface area contributed by atoms with Gasteiger partial charge < -0.3 is 29.0 Å². The van der Waals surface area contributed by atoms with Crippen LogP contribution in [0, 0.1) is 5.92 Å². The molecule has 7 rings (SSSR count). The number of esters is 1. The molecule has 4 aliphatic rings. The zero-order chi connectivity index (χ0) is 31.7. The van der Waals surface area contributed by atoms with Crippen LogP contribution in [-0.2, 0) is 36.8 Å². The maximum atomic E-state index is 16.1. The first-order valence-corrected chi connectivity index (χ1v) is 15.5. The van der Waals surface area contributed by atoms with Crippen LogP contribution in [0.15, 0.2) is 54.7 Å². The number of hydrogen-bond acceptors (Lipinski definition) is 9. The van der Waals surface area contributed by atoms with Crippen molar-refractivity contribution in [2.45, 2.75) is 88.5 Å². The van der Waals surface area contributed by atoms with Gasteiger partial charge in [-0.3, -0.25) is 9.78 Å². The fourth-order valence-corrected chi connectivity index (χ4v) is 6.34. The first kappa shape index (κ1) is 31.2. The van der Waals surface area contributed by atoms with Crippen LogP contribution in [0.2, 0.25) is 0 Å². The van der Waals surface area contributed by atoms with E-state index < -0.39 is 41.6 Å². The van der Waals surface area contributed by atoms with Crippen LogP contribution >= 0.6 is 0 Å². The molecule has 2 aromatic heterocycles. The average Bonchev–Trinajstić information content (AvgIpc) is 3.40. The highest BCUT2D eigenvalue weighted by Crippen LogP contribution is 2.46. The zero-order valence-electron chi connectivity index (χ0n) is 26.0. The Morgan fingerprint density at radius 3 is 2.53 bits per heavy atom. The Balaban J connectivity index is 1.10. The van der Waals surface area contributed by atoms with Gasteiger partial charge in [0.2, 0.25) is 5.88 Å². The van der Waals surface area contributed by atoms with Gasteiger partial charge in [-0.1, -0.05) is 30.3 Å². The highest BCUT2D eigenvalue weighted by atomic mass is 19.2. The van der Waals surface area contributed by atoms with Crippen molar-refractivity contribution in [1.82, 2.24) is 15.3 Å². The van der Waals surface area contributed by atoms with Gasteiger partial charge in [-0.05, 0) is 82.6 Å². The minimum Gasteiger partial charge on any atom is -0.460 e. The first-order chi connectivity index (χ1) is 21.5.